The molecule has 1 amide bonds. The van der Waals surface area contributed by atoms with Gasteiger partial charge in [0.15, 0.2) is 0 Å². The number of amides is 1. The van der Waals surface area contributed by atoms with E-state index in [9.17, 15) is 4.79 Å². The predicted molar refractivity (Wildman–Crippen MR) is 39.4 cm³/mol. The monoisotopic (exact) mass is 153 g/mol. The summed E-state index contributed by atoms with van der Waals surface area (Å²) in [4.78, 5) is 12.7. The molecule has 0 radical (unpaired) electrons. The van der Waals surface area contributed by atoms with E-state index in [-0.39, 0.29) is 18.4 Å². The molecule has 1 saturated heterocycles. The zero-order chi connectivity index (χ0) is 8.27. The molecule has 11 heavy (non-hydrogen) atoms. The number of hydrogen-bond donors (Lipinski definition) is 1. The van der Waals surface area contributed by atoms with Crippen LogP contribution in [0.15, 0.2) is 0 Å². The molecule has 1 aliphatic rings. The highest BCUT2D eigenvalue weighted by Crippen LogP contribution is 2.07. The van der Waals surface area contributed by atoms with E-state index >= 15 is 0 Å². The van der Waals surface area contributed by atoms with Gasteiger partial charge in [-0.05, 0) is 6.42 Å². The molecule has 4 heteroatoms. The van der Waals surface area contributed by atoms with E-state index in [1.54, 1.807) is 4.90 Å². The maximum atomic E-state index is 11.0. The average molecular weight is 153 g/mol. The van der Waals surface area contributed by atoms with Crippen molar-refractivity contribution >= 4 is 5.91 Å². The van der Waals surface area contributed by atoms with E-state index in [0.29, 0.717) is 13.1 Å². The second kappa shape index (κ2) is 3.35. The average Bonchev–Trinajstić information content (AvgIpc) is 2.36. The van der Waals surface area contributed by atoms with Crippen molar-refractivity contribution in [1.82, 2.24) is 4.90 Å². The van der Waals surface area contributed by atoms with Gasteiger partial charge in [-0.3, -0.25) is 4.79 Å². The van der Waals surface area contributed by atoms with Crippen molar-refractivity contribution in [1.29, 1.82) is 5.26 Å². The van der Waals surface area contributed by atoms with Gasteiger partial charge < -0.3 is 10.6 Å². The van der Waals surface area contributed by atoms with Crippen molar-refractivity contribution in [2.45, 2.75) is 18.9 Å². The van der Waals surface area contributed by atoms with Crippen LogP contribution in [0.25, 0.3) is 0 Å². The van der Waals surface area contributed by atoms with Crippen LogP contribution < -0.4 is 5.73 Å². The number of carbonyl (C=O) groups excluding carboxylic acids is 1. The molecule has 0 aromatic heterocycles. The molecule has 0 aromatic rings. The van der Waals surface area contributed by atoms with E-state index in [0.717, 1.165) is 6.42 Å². The normalized spacial score (nSPS) is 23.3. The minimum absolute atomic E-state index is 0.0211. The number of likely N-dealkylation sites (tertiary alicyclic amines) is 1. The van der Waals surface area contributed by atoms with Crippen molar-refractivity contribution in [2.75, 3.05) is 13.1 Å². The summed E-state index contributed by atoms with van der Waals surface area (Å²) < 4.78 is 0. The minimum atomic E-state index is -0.0968. The summed E-state index contributed by atoms with van der Waals surface area (Å²) in [6.07, 6.45) is 0.837. The van der Waals surface area contributed by atoms with Crippen LogP contribution in [-0.2, 0) is 4.79 Å². The first-order valence-corrected chi connectivity index (χ1v) is 3.64. The van der Waals surface area contributed by atoms with E-state index < -0.39 is 0 Å². The highest BCUT2D eigenvalue weighted by molar-refractivity contribution is 5.78. The van der Waals surface area contributed by atoms with Crippen molar-refractivity contribution in [3.8, 4) is 6.07 Å². The number of rotatable bonds is 1. The molecule has 1 rings (SSSR count). The van der Waals surface area contributed by atoms with Crippen LogP contribution in [0.4, 0.5) is 0 Å². The number of nitriles is 1. The van der Waals surface area contributed by atoms with Gasteiger partial charge in [-0.25, -0.2) is 0 Å². The number of nitrogens with zero attached hydrogens (tertiary/aromatic N) is 2. The van der Waals surface area contributed by atoms with Crippen LogP contribution in [0.1, 0.15) is 12.8 Å². The molecule has 60 valence electrons. The van der Waals surface area contributed by atoms with Gasteiger partial charge in [0.1, 0.15) is 6.42 Å². The van der Waals surface area contributed by atoms with Gasteiger partial charge in [0.2, 0.25) is 5.91 Å². The summed E-state index contributed by atoms with van der Waals surface area (Å²) in [7, 11) is 0. The predicted octanol–water partition coefficient (Wildman–Crippen LogP) is -0.540. The Morgan fingerprint density at radius 2 is 2.55 bits per heavy atom. The molecular formula is C7H11N3O. The standard InChI is InChI=1S/C7H11N3O/c8-3-1-7(11)10-4-2-6(9)5-10/h6H,1-2,4-5,9H2/t6-/m0/s1. The molecule has 1 atom stereocenters. The summed E-state index contributed by atoms with van der Waals surface area (Å²) in [5.41, 5.74) is 5.58. The zero-order valence-electron chi connectivity index (χ0n) is 6.29. The van der Waals surface area contributed by atoms with Crippen LogP contribution in [0, 0.1) is 11.3 Å². The largest absolute Gasteiger partial charge is 0.340 e. The second-order valence-electron chi connectivity index (χ2n) is 2.72. The highest BCUT2D eigenvalue weighted by atomic mass is 16.2. The Morgan fingerprint density at radius 1 is 1.82 bits per heavy atom. The Balaban J connectivity index is 2.38. The van der Waals surface area contributed by atoms with E-state index in [1.807, 2.05) is 6.07 Å². The zero-order valence-corrected chi connectivity index (χ0v) is 6.29. The van der Waals surface area contributed by atoms with Crippen LogP contribution >= 0.6 is 0 Å². The molecule has 0 saturated carbocycles. The lowest BCUT2D eigenvalue weighted by molar-refractivity contribution is -0.129. The molecule has 1 aliphatic heterocycles. The third kappa shape index (κ3) is 1.92. The first kappa shape index (κ1) is 8.02. The molecular weight excluding hydrogens is 142 g/mol. The highest BCUT2D eigenvalue weighted by Gasteiger charge is 2.22. The number of hydrogen-bond acceptors (Lipinski definition) is 3. The third-order valence-corrected chi connectivity index (χ3v) is 1.81. The van der Waals surface area contributed by atoms with Gasteiger partial charge in [0.05, 0.1) is 6.07 Å². The fourth-order valence-electron chi connectivity index (χ4n) is 1.19. The quantitative estimate of drug-likeness (QED) is 0.550. The lowest BCUT2D eigenvalue weighted by Crippen LogP contribution is -2.31. The maximum absolute atomic E-state index is 11.0. The van der Waals surface area contributed by atoms with Gasteiger partial charge in [0.25, 0.3) is 0 Å². The Labute approximate surface area is 65.6 Å². The van der Waals surface area contributed by atoms with Crippen LogP contribution in [-0.4, -0.2) is 29.9 Å². The number of nitrogens with two attached hydrogens (primary N) is 1. The Kier molecular flexibility index (Phi) is 2.44. The minimum Gasteiger partial charge on any atom is -0.340 e. The molecule has 0 unspecified atom stereocenters. The SMILES string of the molecule is N#CCC(=O)N1CC[C@H](N)C1. The van der Waals surface area contributed by atoms with Crippen LogP contribution in [0.5, 0.6) is 0 Å². The lowest BCUT2D eigenvalue weighted by atomic mass is 10.3. The topological polar surface area (TPSA) is 70.1 Å². The second-order valence-corrected chi connectivity index (χ2v) is 2.72. The molecule has 4 nitrogen and oxygen atoms in total. The van der Waals surface area contributed by atoms with Gasteiger partial charge >= 0.3 is 0 Å². The Morgan fingerprint density at radius 3 is 3.00 bits per heavy atom. The van der Waals surface area contributed by atoms with Crippen LogP contribution in [0.3, 0.4) is 0 Å². The molecule has 2 N–H and O–H groups in total. The van der Waals surface area contributed by atoms with Gasteiger partial charge in [-0.15, -0.1) is 0 Å². The summed E-state index contributed by atoms with van der Waals surface area (Å²) in [6, 6.07) is 1.94. The van der Waals surface area contributed by atoms with E-state index in [4.69, 9.17) is 11.0 Å². The van der Waals surface area contributed by atoms with Gasteiger partial charge in [-0.2, -0.15) is 5.26 Å². The van der Waals surface area contributed by atoms with E-state index in [2.05, 4.69) is 0 Å². The molecule has 1 heterocycles. The Hall–Kier alpha value is -1.08. The first-order chi connectivity index (χ1) is 5.24. The van der Waals surface area contributed by atoms with E-state index in [1.165, 1.54) is 0 Å². The molecule has 0 spiro atoms. The Bertz CT molecular complexity index is 196. The molecule has 0 bridgehead atoms. The summed E-state index contributed by atoms with van der Waals surface area (Å²) in [5, 5.41) is 8.23. The van der Waals surface area contributed by atoms with Gasteiger partial charge in [0, 0.05) is 19.1 Å². The van der Waals surface area contributed by atoms with Crippen molar-refractivity contribution < 1.29 is 4.79 Å². The van der Waals surface area contributed by atoms with Crippen molar-refractivity contribution in [2.24, 2.45) is 5.73 Å². The summed E-state index contributed by atoms with van der Waals surface area (Å²) in [6.45, 7) is 1.32. The fourth-order valence-corrected chi connectivity index (χ4v) is 1.19. The smallest absolute Gasteiger partial charge is 0.236 e. The third-order valence-electron chi connectivity index (χ3n) is 1.81. The molecule has 0 aromatic carbocycles. The number of carbonyl (C=O) groups is 1. The fraction of sp³-hybridized carbons (Fsp3) is 0.714. The molecule has 1 fully saturated rings. The summed E-state index contributed by atoms with van der Waals surface area (Å²) in [5.74, 6) is -0.0968. The van der Waals surface area contributed by atoms with Crippen LogP contribution in [0.2, 0.25) is 0 Å². The maximum Gasteiger partial charge on any atom is 0.236 e. The molecule has 0 aliphatic carbocycles. The van der Waals surface area contributed by atoms with Gasteiger partial charge in [-0.1, -0.05) is 0 Å². The first-order valence-electron chi connectivity index (χ1n) is 3.64. The van der Waals surface area contributed by atoms with Crippen molar-refractivity contribution in [3.05, 3.63) is 0 Å². The van der Waals surface area contributed by atoms with Crippen molar-refractivity contribution in [3.63, 3.8) is 0 Å². The summed E-state index contributed by atoms with van der Waals surface area (Å²) >= 11 is 0. The lowest BCUT2D eigenvalue weighted by Gasteiger charge is -2.12.